The van der Waals surface area contributed by atoms with Gasteiger partial charge in [0.15, 0.2) is 0 Å². The number of nitrogens with one attached hydrogen (secondary N) is 1. The van der Waals surface area contributed by atoms with E-state index in [-0.39, 0.29) is 11.9 Å². The summed E-state index contributed by atoms with van der Waals surface area (Å²) in [4.78, 5) is 12.7. The highest BCUT2D eigenvalue weighted by molar-refractivity contribution is 5.94. The Kier molecular flexibility index (Phi) is 4.67. The van der Waals surface area contributed by atoms with E-state index >= 15 is 0 Å². The molecule has 1 heterocycles. The number of hydrogen-bond donors (Lipinski definition) is 1. The predicted molar refractivity (Wildman–Crippen MR) is 104 cm³/mol. The molecule has 4 rings (SSSR count). The largest absolute Gasteiger partial charge is 0.497 e. The SMILES string of the molecule is COc1ccc(-n2ncc3c2CCCC3NC(=O)c2cccc(C)c2)cc1. The van der Waals surface area contributed by atoms with Gasteiger partial charge in [0.2, 0.25) is 0 Å². The Morgan fingerprint density at radius 2 is 2.04 bits per heavy atom. The second-order valence-corrected chi connectivity index (χ2v) is 6.94. The summed E-state index contributed by atoms with van der Waals surface area (Å²) in [6, 6.07) is 15.5. The first kappa shape index (κ1) is 17.3. The zero-order chi connectivity index (χ0) is 18.8. The van der Waals surface area contributed by atoms with Crippen molar-refractivity contribution in [1.82, 2.24) is 15.1 Å². The van der Waals surface area contributed by atoms with Crippen LogP contribution in [-0.2, 0) is 6.42 Å². The molecular formula is C22H23N3O2. The standard InChI is InChI=1S/C22H23N3O2/c1-15-5-3-6-16(13-15)22(26)24-20-7-4-8-21-19(20)14-23-25(21)17-9-11-18(27-2)12-10-17/h3,5-6,9-14,20H,4,7-8H2,1-2H3,(H,24,26). The third-order valence-electron chi connectivity index (χ3n) is 5.09. The Labute approximate surface area is 159 Å². The molecule has 5 heteroatoms. The Bertz CT molecular complexity index is 960. The molecule has 1 aliphatic rings. The number of rotatable bonds is 4. The summed E-state index contributed by atoms with van der Waals surface area (Å²) >= 11 is 0. The number of amides is 1. The summed E-state index contributed by atoms with van der Waals surface area (Å²) in [5.74, 6) is 0.789. The van der Waals surface area contributed by atoms with Crippen LogP contribution in [0.5, 0.6) is 5.75 Å². The van der Waals surface area contributed by atoms with E-state index in [0.29, 0.717) is 5.56 Å². The summed E-state index contributed by atoms with van der Waals surface area (Å²) in [6.07, 6.45) is 4.80. The number of carbonyl (C=O) groups excluding carboxylic acids is 1. The quantitative estimate of drug-likeness (QED) is 0.764. The van der Waals surface area contributed by atoms with Gasteiger partial charge < -0.3 is 10.1 Å². The zero-order valence-electron chi connectivity index (χ0n) is 15.6. The van der Waals surface area contributed by atoms with E-state index in [2.05, 4.69) is 10.4 Å². The molecule has 138 valence electrons. The maximum Gasteiger partial charge on any atom is 0.251 e. The number of ether oxygens (including phenoxy) is 1. The molecular weight excluding hydrogens is 338 g/mol. The Morgan fingerprint density at radius 3 is 2.78 bits per heavy atom. The highest BCUT2D eigenvalue weighted by Crippen LogP contribution is 2.31. The van der Waals surface area contributed by atoms with Gasteiger partial charge in [-0.05, 0) is 62.6 Å². The first-order valence-corrected chi connectivity index (χ1v) is 9.24. The minimum Gasteiger partial charge on any atom is -0.497 e. The Hall–Kier alpha value is -3.08. The van der Waals surface area contributed by atoms with Crippen molar-refractivity contribution in [3.05, 3.63) is 77.1 Å². The maximum atomic E-state index is 12.7. The fourth-order valence-corrected chi connectivity index (χ4v) is 3.68. The number of carbonyl (C=O) groups is 1. The molecule has 0 aliphatic heterocycles. The lowest BCUT2D eigenvalue weighted by Gasteiger charge is -2.24. The van der Waals surface area contributed by atoms with Crippen molar-refractivity contribution in [3.63, 3.8) is 0 Å². The molecule has 1 aromatic heterocycles. The van der Waals surface area contributed by atoms with E-state index in [1.165, 1.54) is 5.69 Å². The van der Waals surface area contributed by atoms with Crippen LogP contribution in [0.25, 0.3) is 5.69 Å². The predicted octanol–water partition coefficient (Wildman–Crippen LogP) is 4.00. The second-order valence-electron chi connectivity index (χ2n) is 6.94. The van der Waals surface area contributed by atoms with Crippen LogP contribution in [-0.4, -0.2) is 22.8 Å². The number of benzene rings is 2. The molecule has 0 saturated carbocycles. The minimum atomic E-state index is -0.0336. The van der Waals surface area contributed by atoms with Crippen LogP contribution >= 0.6 is 0 Å². The number of hydrogen-bond acceptors (Lipinski definition) is 3. The second kappa shape index (κ2) is 7.27. The summed E-state index contributed by atoms with van der Waals surface area (Å²) in [5.41, 5.74) is 5.06. The normalized spacial score (nSPS) is 15.9. The fourth-order valence-electron chi connectivity index (χ4n) is 3.68. The molecule has 1 unspecified atom stereocenters. The van der Waals surface area contributed by atoms with Gasteiger partial charge in [0.25, 0.3) is 5.91 Å². The van der Waals surface area contributed by atoms with Crippen molar-refractivity contribution >= 4 is 5.91 Å². The molecule has 1 aliphatic carbocycles. The van der Waals surface area contributed by atoms with Crippen molar-refractivity contribution in [1.29, 1.82) is 0 Å². The number of methoxy groups -OCH3 is 1. The number of aromatic nitrogens is 2. The fraction of sp³-hybridized carbons (Fsp3) is 0.273. The molecule has 0 radical (unpaired) electrons. The number of nitrogens with zero attached hydrogens (tertiary/aromatic N) is 2. The van der Waals surface area contributed by atoms with Crippen molar-refractivity contribution in [3.8, 4) is 11.4 Å². The summed E-state index contributed by atoms with van der Waals surface area (Å²) in [6.45, 7) is 1.99. The van der Waals surface area contributed by atoms with Crippen LogP contribution in [0, 0.1) is 6.92 Å². The Morgan fingerprint density at radius 1 is 1.22 bits per heavy atom. The van der Waals surface area contributed by atoms with E-state index in [0.717, 1.165) is 41.8 Å². The average Bonchev–Trinajstić information content (AvgIpc) is 3.13. The average molecular weight is 361 g/mol. The highest BCUT2D eigenvalue weighted by Gasteiger charge is 2.26. The molecule has 0 bridgehead atoms. The van der Waals surface area contributed by atoms with Crippen LogP contribution in [0.2, 0.25) is 0 Å². The third kappa shape index (κ3) is 3.45. The van der Waals surface area contributed by atoms with Crippen molar-refractivity contribution < 1.29 is 9.53 Å². The lowest BCUT2D eigenvalue weighted by atomic mass is 9.92. The number of fused-ring (bicyclic) bond motifs is 1. The smallest absolute Gasteiger partial charge is 0.251 e. The van der Waals surface area contributed by atoms with Crippen LogP contribution in [0.4, 0.5) is 0 Å². The molecule has 0 fully saturated rings. The van der Waals surface area contributed by atoms with E-state index in [4.69, 9.17) is 4.74 Å². The molecule has 5 nitrogen and oxygen atoms in total. The topological polar surface area (TPSA) is 56.1 Å². The third-order valence-corrected chi connectivity index (χ3v) is 5.09. The van der Waals surface area contributed by atoms with Crippen LogP contribution in [0.1, 0.15) is 46.1 Å². The monoisotopic (exact) mass is 361 g/mol. The van der Waals surface area contributed by atoms with Crippen molar-refractivity contribution in [2.45, 2.75) is 32.2 Å². The van der Waals surface area contributed by atoms with Gasteiger partial charge in [0.05, 0.1) is 25.0 Å². The minimum absolute atomic E-state index is 0.00578. The maximum absolute atomic E-state index is 12.7. The molecule has 0 spiro atoms. The zero-order valence-corrected chi connectivity index (χ0v) is 15.6. The van der Waals surface area contributed by atoms with Gasteiger partial charge in [-0.3, -0.25) is 4.79 Å². The highest BCUT2D eigenvalue weighted by atomic mass is 16.5. The first-order chi connectivity index (χ1) is 13.2. The van der Waals surface area contributed by atoms with Crippen molar-refractivity contribution in [2.75, 3.05) is 7.11 Å². The van der Waals surface area contributed by atoms with Gasteiger partial charge in [0, 0.05) is 16.8 Å². The molecule has 2 aromatic carbocycles. The lowest BCUT2D eigenvalue weighted by Crippen LogP contribution is -2.31. The molecule has 3 aromatic rings. The first-order valence-electron chi connectivity index (χ1n) is 9.24. The van der Waals surface area contributed by atoms with E-state index in [9.17, 15) is 4.79 Å². The van der Waals surface area contributed by atoms with Gasteiger partial charge in [-0.2, -0.15) is 5.10 Å². The van der Waals surface area contributed by atoms with Gasteiger partial charge >= 0.3 is 0 Å². The molecule has 1 N–H and O–H groups in total. The Balaban J connectivity index is 1.59. The summed E-state index contributed by atoms with van der Waals surface area (Å²) in [7, 11) is 1.66. The van der Waals surface area contributed by atoms with Gasteiger partial charge in [-0.1, -0.05) is 17.7 Å². The molecule has 1 atom stereocenters. The van der Waals surface area contributed by atoms with Gasteiger partial charge in [-0.25, -0.2) is 4.68 Å². The van der Waals surface area contributed by atoms with Crippen LogP contribution in [0.3, 0.4) is 0 Å². The van der Waals surface area contributed by atoms with Crippen LogP contribution in [0.15, 0.2) is 54.7 Å². The van der Waals surface area contributed by atoms with Gasteiger partial charge in [-0.15, -0.1) is 0 Å². The lowest BCUT2D eigenvalue weighted by molar-refractivity contribution is 0.0932. The number of aryl methyl sites for hydroxylation is 1. The summed E-state index contributed by atoms with van der Waals surface area (Å²) < 4.78 is 7.21. The van der Waals surface area contributed by atoms with E-state index in [1.54, 1.807) is 7.11 Å². The molecule has 0 saturated heterocycles. The van der Waals surface area contributed by atoms with E-state index < -0.39 is 0 Å². The molecule has 1 amide bonds. The summed E-state index contributed by atoms with van der Waals surface area (Å²) in [5, 5.41) is 7.78. The van der Waals surface area contributed by atoms with Gasteiger partial charge in [0.1, 0.15) is 5.75 Å². The molecule has 27 heavy (non-hydrogen) atoms. The van der Waals surface area contributed by atoms with Crippen molar-refractivity contribution in [2.24, 2.45) is 0 Å². The van der Waals surface area contributed by atoms with Crippen LogP contribution < -0.4 is 10.1 Å². The van der Waals surface area contributed by atoms with E-state index in [1.807, 2.05) is 66.3 Å².